The van der Waals surface area contributed by atoms with Crippen molar-refractivity contribution >= 4 is 17.3 Å². The molecule has 0 radical (unpaired) electrons. The Morgan fingerprint density at radius 2 is 1.86 bits per heavy atom. The molecule has 6 heteroatoms. The minimum Gasteiger partial charge on any atom is -0.396 e. The van der Waals surface area contributed by atoms with Gasteiger partial charge in [0.25, 0.3) is 0 Å². The molecule has 1 saturated heterocycles. The Hall–Kier alpha value is -2.70. The van der Waals surface area contributed by atoms with E-state index in [4.69, 9.17) is 12.2 Å². The third-order valence-corrected chi connectivity index (χ3v) is 5.91. The lowest BCUT2D eigenvalue weighted by Gasteiger charge is -2.28. The summed E-state index contributed by atoms with van der Waals surface area (Å²) in [5.74, 6) is 0. The number of nitrogens with zero attached hydrogens (tertiary/aromatic N) is 3. The van der Waals surface area contributed by atoms with Crippen LogP contribution >= 0.6 is 12.2 Å². The molecule has 2 atom stereocenters. The highest BCUT2D eigenvalue weighted by Crippen LogP contribution is 2.41. The maximum Gasteiger partial charge on any atom is 0.170 e. The molecule has 2 aromatic heterocycles. The number of thiocarbonyl (C=S) groups is 1. The number of para-hydroxylation sites is 1. The summed E-state index contributed by atoms with van der Waals surface area (Å²) in [6, 6.07) is 18.6. The second-order valence-electron chi connectivity index (χ2n) is 7.39. The van der Waals surface area contributed by atoms with Gasteiger partial charge in [-0.15, -0.1) is 0 Å². The van der Waals surface area contributed by atoms with Gasteiger partial charge < -0.3 is 19.9 Å². The molecule has 1 aliphatic rings. The molecule has 150 valence electrons. The van der Waals surface area contributed by atoms with E-state index < -0.39 is 0 Å². The van der Waals surface area contributed by atoms with Gasteiger partial charge in [-0.1, -0.05) is 24.3 Å². The molecule has 3 heterocycles. The molecule has 4 rings (SSSR count). The maximum absolute atomic E-state index is 9.40. The fourth-order valence-electron chi connectivity index (χ4n) is 4.29. The highest BCUT2D eigenvalue weighted by atomic mass is 32.1. The Morgan fingerprint density at radius 1 is 1.10 bits per heavy atom. The minimum atomic E-state index is -0.0351. The van der Waals surface area contributed by atoms with Crippen molar-refractivity contribution in [2.24, 2.45) is 0 Å². The molecule has 1 aromatic carbocycles. The first-order valence-electron chi connectivity index (χ1n) is 9.95. The third-order valence-electron chi connectivity index (χ3n) is 5.56. The number of benzene rings is 1. The van der Waals surface area contributed by atoms with E-state index in [1.54, 1.807) is 0 Å². The number of rotatable bonds is 6. The zero-order chi connectivity index (χ0) is 20.4. The number of aryl methyl sites for hydroxylation is 1. The van der Waals surface area contributed by atoms with Gasteiger partial charge in [0.2, 0.25) is 0 Å². The van der Waals surface area contributed by atoms with Crippen molar-refractivity contribution in [3.63, 3.8) is 0 Å². The summed E-state index contributed by atoms with van der Waals surface area (Å²) in [7, 11) is 0. The van der Waals surface area contributed by atoms with E-state index in [0.29, 0.717) is 18.1 Å². The monoisotopic (exact) mass is 406 g/mol. The zero-order valence-electron chi connectivity index (χ0n) is 16.7. The van der Waals surface area contributed by atoms with E-state index in [-0.39, 0.29) is 18.7 Å². The second-order valence-corrected chi connectivity index (χ2v) is 7.78. The fourth-order valence-corrected chi connectivity index (χ4v) is 4.62. The Balaban J connectivity index is 1.81. The fraction of sp³-hybridized carbons (Fsp3) is 0.304. The smallest absolute Gasteiger partial charge is 0.170 e. The molecule has 1 aliphatic heterocycles. The average molecular weight is 407 g/mol. The number of aliphatic hydroxyl groups is 1. The minimum absolute atomic E-state index is 0.0209. The van der Waals surface area contributed by atoms with Gasteiger partial charge in [0.05, 0.1) is 17.8 Å². The summed E-state index contributed by atoms with van der Waals surface area (Å²) in [4.78, 5) is 6.79. The normalized spacial score (nSPS) is 18.9. The molecular weight excluding hydrogens is 380 g/mol. The molecule has 0 bridgehead atoms. The molecule has 29 heavy (non-hydrogen) atoms. The van der Waals surface area contributed by atoms with Crippen LogP contribution in [0, 0.1) is 13.8 Å². The quantitative estimate of drug-likeness (QED) is 0.609. The number of nitrogens with one attached hydrogen (secondary N) is 1. The van der Waals surface area contributed by atoms with Gasteiger partial charge in [-0.3, -0.25) is 4.98 Å². The predicted octanol–water partition coefficient (Wildman–Crippen LogP) is 3.84. The summed E-state index contributed by atoms with van der Waals surface area (Å²) >= 11 is 5.68. The zero-order valence-corrected chi connectivity index (χ0v) is 17.6. The van der Waals surface area contributed by atoms with Gasteiger partial charge in [-0.2, -0.15) is 0 Å². The van der Waals surface area contributed by atoms with E-state index in [2.05, 4.69) is 63.9 Å². The van der Waals surface area contributed by atoms with Gasteiger partial charge in [0.1, 0.15) is 0 Å². The molecule has 0 spiro atoms. The Bertz CT molecular complexity index is 987. The van der Waals surface area contributed by atoms with E-state index in [9.17, 15) is 5.11 Å². The molecule has 0 aliphatic carbocycles. The SMILES string of the molecule is Cc1cc([C@@H]2[C@@H](c3ccccn3)NC(=S)N2CCCO)c(C)n1-c1ccccc1. The van der Waals surface area contributed by atoms with Crippen LogP contribution in [-0.2, 0) is 0 Å². The van der Waals surface area contributed by atoms with Crippen molar-refractivity contribution in [3.05, 3.63) is 83.4 Å². The molecular formula is C23H26N4OS. The van der Waals surface area contributed by atoms with Crippen LogP contribution in [-0.4, -0.2) is 37.8 Å². The van der Waals surface area contributed by atoms with Crippen LogP contribution in [0.25, 0.3) is 5.69 Å². The molecule has 5 nitrogen and oxygen atoms in total. The van der Waals surface area contributed by atoms with Crippen molar-refractivity contribution in [3.8, 4) is 5.69 Å². The lowest BCUT2D eigenvalue weighted by molar-refractivity contribution is 0.247. The van der Waals surface area contributed by atoms with Gasteiger partial charge in [0, 0.05) is 36.4 Å². The highest BCUT2D eigenvalue weighted by Gasteiger charge is 2.41. The first-order valence-corrected chi connectivity index (χ1v) is 10.4. The Labute approximate surface area is 177 Å². The van der Waals surface area contributed by atoms with Crippen LogP contribution in [0.5, 0.6) is 0 Å². The van der Waals surface area contributed by atoms with E-state index in [1.165, 1.54) is 17.0 Å². The third kappa shape index (κ3) is 3.66. The van der Waals surface area contributed by atoms with Crippen molar-refractivity contribution in [2.45, 2.75) is 32.4 Å². The first kappa shape index (κ1) is 19.6. The number of hydrogen-bond acceptors (Lipinski definition) is 3. The molecule has 1 fully saturated rings. The summed E-state index contributed by atoms with van der Waals surface area (Å²) in [6.07, 6.45) is 2.49. The van der Waals surface area contributed by atoms with Crippen LogP contribution in [0.15, 0.2) is 60.8 Å². The molecule has 0 amide bonds. The summed E-state index contributed by atoms with van der Waals surface area (Å²) in [5, 5.41) is 13.6. The van der Waals surface area contributed by atoms with Crippen LogP contribution in [0.4, 0.5) is 0 Å². The van der Waals surface area contributed by atoms with Crippen LogP contribution < -0.4 is 5.32 Å². The standard InChI is InChI=1S/C23H26N4OS/c1-16-15-19(17(2)27(16)18-9-4-3-5-10-18)22-21(20-11-6-7-12-24-20)25-23(29)26(22)13-8-14-28/h3-7,9-12,15,21-22,28H,8,13-14H2,1-2H3,(H,25,29)/t21-,22-/m1/s1. The van der Waals surface area contributed by atoms with Gasteiger partial charge in [-0.25, -0.2) is 0 Å². The van der Waals surface area contributed by atoms with Crippen LogP contribution in [0.2, 0.25) is 0 Å². The first-order chi connectivity index (χ1) is 14.1. The number of pyridine rings is 1. The largest absolute Gasteiger partial charge is 0.396 e. The molecule has 0 saturated carbocycles. The van der Waals surface area contributed by atoms with Crippen LogP contribution in [0.3, 0.4) is 0 Å². The maximum atomic E-state index is 9.40. The summed E-state index contributed by atoms with van der Waals surface area (Å²) < 4.78 is 2.29. The van der Waals surface area contributed by atoms with Gasteiger partial charge in [-0.05, 0) is 68.4 Å². The molecule has 3 aromatic rings. The van der Waals surface area contributed by atoms with Gasteiger partial charge in [0.15, 0.2) is 5.11 Å². The van der Waals surface area contributed by atoms with Crippen molar-refractivity contribution in [2.75, 3.05) is 13.2 Å². The summed E-state index contributed by atoms with van der Waals surface area (Å²) in [6.45, 7) is 5.14. The van der Waals surface area contributed by atoms with E-state index in [1.807, 2.05) is 30.5 Å². The van der Waals surface area contributed by atoms with Gasteiger partial charge >= 0.3 is 0 Å². The Morgan fingerprint density at radius 3 is 2.55 bits per heavy atom. The van der Waals surface area contributed by atoms with Crippen molar-refractivity contribution < 1.29 is 5.11 Å². The topological polar surface area (TPSA) is 53.3 Å². The predicted molar refractivity (Wildman–Crippen MR) is 119 cm³/mol. The van der Waals surface area contributed by atoms with Crippen molar-refractivity contribution in [1.29, 1.82) is 0 Å². The number of aromatic nitrogens is 2. The summed E-state index contributed by atoms with van der Waals surface area (Å²) in [5.41, 5.74) is 5.73. The number of aliphatic hydroxyl groups excluding tert-OH is 1. The lowest BCUT2D eigenvalue weighted by Crippen LogP contribution is -2.31. The molecule has 2 N–H and O–H groups in total. The highest BCUT2D eigenvalue weighted by molar-refractivity contribution is 7.80. The average Bonchev–Trinajstić information content (AvgIpc) is 3.23. The Kier molecular flexibility index (Phi) is 5.65. The lowest BCUT2D eigenvalue weighted by atomic mass is 9.96. The second kappa shape index (κ2) is 8.35. The molecule has 0 unspecified atom stereocenters. The van der Waals surface area contributed by atoms with E-state index in [0.717, 1.165) is 11.4 Å². The number of hydrogen-bond donors (Lipinski definition) is 2. The van der Waals surface area contributed by atoms with Crippen molar-refractivity contribution in [1.82, 2.24) is 19.8 Å². The van der Waals surface area contributed by atoms with Crippen LogP contribution in [0.1, 0.15) is 41.1 Å². The van der Waals surface area contributed by atoms with E-state index >= 15 is 0 Å².